The molecule has 8 heteroatoms. The first-order valence-corrected chi connectivity index (χ1v) is 7.06. The number of rotatable bonds is 3. The van der Waals surface area contributed by atoms with E-state index in [0.717, 1.165) is 12.1 Å². The molecule has 0 aliphatic heterocycles. The highest BCUT2D eigenvalue weighted by atomic mass is 19.4. The summed E-state index contributed by atoms with van der Waals surface area (Å²) in [5.74, 6) is -0.444. The summed E-state index contributed by atoms with van der Waals surface area (Å²) in [4.78, 5) is 8.11. The Bertz CT molecular complexity index is 895. The average molecular weight is 349 g/mol. The molecule has 3 aromatic rings. The van der Waals surface area contributed by atoms with Gasteiger partial charge in [0.05, 0.1) is 11.3 Å². The first-order chi connectivity index (χ1) is 11.8. The molecule has 0 spiro atoms. The molecule has 0 saturated heterocycles. The molecule has 3 rings (SSSR count). The third-order valence-corrected chi connectivity index (χ3v) is 3.33. The van der Waals surface area contributed by atoms with Crippen LogP contribution in [0.2, 0.25) is 0 Å². The van der Waals surface area contributed by atoms with Gasteiger partial charge in [-0.15, -0.1) is 0 Å². The van der Waals surface area contributed by atoms with Gasteiger partial charge in [0.25, 0.3) is 0 Å². The van der Waals surface area contributed by atoms with E-state index in [9.17, 15) is 17.6 Å². The van der Waals surface area contributed by atoms with Gasteiger partial charge >= 0.3 is 6.18 Å². The highest BCUT2D eigenvalue weighted by molar-refractivity contribution is 5.66. The molecule has 0 atom stereocenters. The van der Waals surface area contributed by atoms with E-state index in [-0.39, 0.29) is 23.0 Å². The van der Waals surface area contributed by atoms with Crippen LogP contribution in [-0.4, -0.2) is 9.97 Å². The second-order valence-corrected chi connectivity index (χ2v) is 5.07. The molecule has 0 aliphatic carbocycles. The van der Waals surface area contributed by atoms with Gasteiger partial charge < -0.3 is 10.5 Å². The number of hydrogen-bond donors (Lipinski definition) is 1. The second-order valence-electron chi connectivity index (χ2n) is 5.07. The van der Waals surface area contributed by atoms with Crippen molar-refractivity contribution < 1.29 is 22.3 Å². The van der Waals surface area contributed by atoms with Crippen LogP contribution < -0.4 is 10.5 Å². The second kappa shape index (κ2) is 6.39. The summed E-state index contributed by atoms with van der Waals surface area (Å²) < 4.78 is 56.9. The fourth-order valence-electron chi connectivity index (χ4n) is 2.10. The van der Waals surface area contributed by atoms with Crippen LogP contribution >= 0.6 is 0 Å². The van der Waals surface area contributed by atoms with Crippen molar-refractivity contribution in [2.75, 3.05) is 5.73 Å². The monoisotopic (exact) mass is 349 g/mol. The first kappa shape index (κ1) is 16.7. The number of anilines is 1. The van der Waals surface area contributed by atoms with E-state index in [1.165, 1.54) is 36.7 Å². The zero-order valence-corrected chi connectivity index (χ0v) is 12.6. The summed E-state index contributed by atoms with van der Waals surface area (Å²) in [6.07, 6.45) is -1.68. The van der Waals surface area contributed by atoms with E-state index in [4.69, 9.17) is 10.5 Å². The minimum absolute atomic E-state index is 0.0159. The van der Waals surface area contributed by atoms with Crippen molar-refractivity contribution in [1.29, 1.82) is 0 Å². The Balaban J connectivity index is 1.92. The molecule has 0 radical (unpaired) electrons. The van der Waals surface area contributed by atoms with E-state index in [1.807, 2.05) is 0 Å². The van der Waals surface area contributed by atoms with Gasteiger partial charge in [-0.1, -0.05) is 6.07 Å². The number of nitrogens with two attached hydrogens (primary N) is 1. The summed E-state index contributed by atoms with van der Waals surface area (Å²) >= 11 is 0. The predicted octanol–water partition coefficient (Wildman–Crippen LogP) is 4.68. The Kier molecular flexibility index (Phi) is 4.26. The van der Waals surface area contributed by atoms with Gasteiger partial charge in [0.15, 0.2) is 0 Å². The zero-order chi connectivity index (χ0) is 18.0. The van der Waals surface area contributed by atoms with Gasteiger partial charge in [-0.25, -0.2) is 14.4 Å². The Morgan fingerprint density at radius 2 is 1.60 bits per heavy atom. The van der Waals surface area contributed by atoms with Crippen LogP contribution in [0.5, 0.6) is 11.6 Å². The number of halogens is 4. The van der Waals surface area contributed by atoms with Crippen LogP contribution in [-0.2, 0) is 6.18 Å². The predicted molar refractivity (Wildman–Crippen MR) is 83.4 cm³/mol. The van der Waals surface area contributed by atoms with Gasteiger partial charge in [0.1, 0.15) is 17.3 Å². The SMILES string of the molecule is Nc1ccc(-c2nccnc2Oc2ccc(C(F)(F)F)cc2)cc1F. The maximum atomic E-state index is 13.7. The van der Waals surface area contributed by atoms with Gasteiger partial charge in [-0.05, 0) is 36.4 Å². The number of alkyl halides is 3. The van der Waals surface area contributed by atoms with E-state index < -0.39 is 17.6 Å². The maximum absolute atomic E-state index is 13.7. The highest BCUT2D eigenvalue weighted by Gasteiger charge is 2.30. The third-order valence-electron chi connectivity index (χ3n) is 3.33. The van der Waals surface area contributed by atoms with Gasteiger partial charge in [0.2, 0.25) is 5.88 Å². The molecule has 1 aromatic heterocycles. The third kappa shape index (κ3) is 3.68. The van der Waals surface area contributed by atoms with Crippen molar-refractivity contribution in [2.24, 2.45) is 0 Å². The molecule has 1 heterocycles. The molecular weight excluding hydrogens is 338 g/mol. The normalized spacial score (nSPS) is 11.4. The lowest BCUT2D eigenvalue weighted by Crippen LogP contribution is -2.04. The topological polar surface area (TPSA) is 61.0 Å². The summed E-state index contributed by atoms with van der Waals surface area (Å²) in [5.41, 5.74) is 5.25. The van der Waals surface area contributed by atoms with Crippen molar-refractivity contribution >= 4 is 5.69 Å². The van der Waals surface area contributed by atoms with Crippen LogP contribution in [0.4, 0.5) is 23.2 Å². The molecular formula is C17H11F4N3O. The number of nitrogens with zero attached hydrogens (tertiary/aromatic N) is 2. The summed E-state index contributed by atoms with van der Waals surface area (Å²) in [5, 5.41) is 0. The van der Waals surface area contributed by atoms with E-state index >= 15 is 0 Å². The van der Waals surface area contributed by atoms with Crippen LogP contribution in [0, 0.1) is 5.82 Å². The molecule has 0 fully saturated rings. The van der Waals surface area contributed by atoms with E-state index in [0.29, 0.717) is 5.56 Å². The Labute approximate surface area is 139 Å². The summed E-state index contributed by atoms with van der Waals surface area (Å²) in [6, 6.07) is 8.24. The van der Waals surface area contributed by atoms with Crippen LogP contribution in [0.1, 0.15) is 5.56 Å². The highest BCUT2D eigenvalue weighted by Crippen LogP contribution is 2.33. The van der Waals surface area contributed by atoms with Crippen LogP contribution in [0.25, 0.3) is 11.3 Å². The molecule has 128 valence electrons. The van der Waals surface area contributed by atoms with Gasteiger partial charge in [-0.3, -0.25) is 0 Å². The Hall–Kier alpha value is -3.16. The summed E-state index contributed by atoms with van der Waals surface area (Å²) in [7, 11) is 0. The van der Waals surface area contributed by atoms with Crippen LogP contribution in [0.3, 0.4) is 0 Å². The molecule has 0 saturated carbocycles. The molecule has 0 unspecified atom stereocenters. The van der Waals surface area contributed by atoms with Crippen molar-refractivity contribution in [2.45, 2.75) is 6.18 Å². The van der Waals surface area contributed by atoms with E-state index in [1.54, 1.807) is 6.07 Å². The maximum Gasteiger partial charge on any atom is 0.416 e. The minimum atomic E-state index is -4.43. The molecule has 0 amide bonds. The molecule has 25 heavy (non-hydrogen) atoms. The molecule has 2 aromatic carbocycles. The van der Waals surface area contributed by atoms with Crippen LogP contribution in [0.15, 0.2) is 54.9 Å². The number of ether oxygens (including phenoxy) is 1. The molecule has 0 aliphatic rings. The van der Waals surface area contributed by atoms with Crippen molar-refractivity contribution in [3.8, 4) is 22.9 Å². The fraction of sp³-hybridized carbons (Fsp3) is 0.0588. The van der Waals surface area contributed by atoms with Crippen molar-refractivity contribution in [3.63, 3.8) is 0 Å². The van der Waals surface area contributed by atoms with E-state index in [2.05, 4.69) is 9.97 Å². The van der Waals surface area contributed by atoms with Crippen molar-refractivity contribution in [3.05, 3.63) is 66.2 Å². The first-order valence-electron chi connectivity index (χ1n) is 7.06. The van der Waals surface area contributed by atoms with Gasteiger partial charge in [0, 0.05) is 18.0 Å². The Morgan fingerprint density at radius 3 is 2.24 bits per heavy atom. The number of nitrogen functional groups attached to an aromatic ring is 1. The standard InChI is InChI=1S/C17H11F4N3O/c18-13-9-10(1-6-14(13)22)15-16(24-8-7-23-15)25-12-4-2-11(3-5-12)17(19,20)21/h1-9H,22H2. The molecule has 2 N–H and O–H groups in total. The lowest BCUT2D eigenvalue weighted by molar-refractivity contribution is -0.137. The van der Waals surface area contributed by atoms with Gasteiger partial charge in [-0.2, -0.15) is 13.2 Å². The minimum Gasteiger partial charge on any atom is -0.437 e. The smallest absolute Gasteiger partial charge is 0.416 e. The lowest BCUT2D eigenvalue weighted by atomic mass is 10.1. The number of benzene rings is 2. The van der Waals surface area contributed by atoms with Crippen molar-refractivity contribution in [1.82, 2.24) is 9.97 Å². The number of hydrogen-bond acceptors (Lipinski definition) is 4. The fourth-order valence-corrected chi connectivity index (χ4v) is 2.10. The molecule has 4 nitrogen and oxygen atoms in total. The molecule has 0 bridgehead atoms. The quantitative estimate of drug-likeness (QED) is 0.551. The number of aromatic nitrogens is 2. The Morgan fingerprint density at radius 1 is 0.920 bits per heavy atom. The largest absolute Gasteiger partial charge is 0.437 e. The lowest BCUT2D eigenvalue weighted by Gasteiger charge is -2.11. The summed E-state index contributed by atoms with van der Waals surface area (Å²) in [6.45, 7) is 0. The average Bonchev–Trinajstić information content (AvgIpc) is 2.58. The zero-order valence-electron chi connectivity index (χ0n) is 12.6.